The number of hydrogen-bond donors (Lipinski definition) is 0. The molecule has 0 amide bonds. The number of rotatable bonds is 7. The highest BCUT2D eigenvalue weighted by atomic mass is 32.2. The molecule has 0 radical (unpaired) electrons. The van der Waals surface area contributed by atoms with Crippen LogP contribution in [0.3, 0.4) is 0 Å². The lowest BCUT2D eigenvalue weighted by molar-refractivity contribution is 0.151. The molecule has 0 aliphatic carbocycles. The third kappa shape index (κ3) is 6.66. The summed E-state index contributed by atoms with van der Waals surface area (Å²) in [5.74, 6) is 0. The minimum absolute atomic E-state index is 0.762. The molecule has 68 valence electrons. The Morgan fingerprint density at radius 1 is 1.36 bits per heavy atom. The summed E-state index contributed by atoms with van der Waals surface area (Å²) < 4.78 is 5.23. The summed E-state index contributed by atoms with van der Waals surface area (Å²) in [4.78, 5) is 2.31. The van der Waals surface area contributed by atoms with Gasteiger partial charge in [-0.15, -0.1) is 0 Å². The minimum atomic E-state index is 0.762. The van der Waals surface area contributed by atoms with Gasteiger partial charge in [0.1, 0.15) is 6.73 Å². The van der Waals surface area contributed by atoms with Gasteiger partial charge in [0.15, 0.2) is 0 Å². The van der Waals surface area contributed by atoms with Crippen molar-refractivity contribution in [3.05, 3.63) is 0 Å². The van der Waals surface area contributed by atoms with E-state index < -0.39 is 0 Å². The maximum Gasteiger partial charge on any atom is 0.114 e. The average molecular weight is 177 g/mol. The molecule has 0 rings (SSSR count). The normalized spacial score (nSPS) is 10.9. The topological polar surface area (TPSA) is 12.5 Å². The molecule has 0 bridgehead atoms. The first-order valence-corrected chi connectivity index (χ1v) is 5.38. The molecule has 11 heavy (non-hydrogen) atoms. The molecule has 0 saturated heterocycles. The summed E-state index contributed by atoms with van der Waals surface area (Å²) in [6.45, 7) is 7.38. The number of unbranched alkanes of at least 4 members (excludes halogenated alkanes) is 1. The third-order valence-electron chi connectivity index (χ3n) is 1.63. The van der Waals surface area contributed by atoms with Crippen LogP contribution in [0.25, 0.3) is 0 Å². The minimum Gasteiger partial charge on any atom is -0.300 e. The van der Waals surface area contributed by atoms with Gasteiger partial charge in [-0.25, -0.2) is 0 Å². The Morgan fingerprint density at radius 2 is 2.09 bits per heavy atom. The van der Waals surface area contributed by atoms with Gasteiger partial charge in [-0.2, -0.15) is 0 Å². The molecule has 0 aromatic rings. The van der Waals surface area contributed by atoms with Crippen LogP contribution in [-0.4, -0.2) is 31.0 Å². The Morgan fingerprint density at radius 3 is 2.55 bits per heavy atom. The van der Waals surface area contributed by atoms with Crippen molar-refractivity contribution in [2.45, 2.75) is 26.7 Å². The van der Waals surface area contributed by atoms with Crippen molar-refractivity contribution in [1.29, 1.82) is 0 Å². The Kier molecular flexibility index (Phi) is 8.57. The summed E-state index contributed by atoms with van der Waals surface area (Å²) in [5, 5.41) is 0. The van der Waals surface area contributed by atoms with E-state index in [9.17, 15) is 0 Å². The molecular weight excluding hydrogens is 158 g/mol. The first-order valence-electron chi connectivity index (χ1n) is 4.23. The molecule has 0 atom stereocenters. The summed E-state index contributed by atoms with van der Waals surface area (Å²) in [6.07, 6.45) is 4.48. The third-order valence-corrected chi connectivity index (χ3v) is 1.97. The maximum atomic E-state index is 5.23. The second kappa shape index (κ2) is 8.37. The van der Waals surface area contributed by atoms with Gasteiger partial charge in [-0.1, -0.05) is 20.3 Å². The van der Waals surface area contributed by atoms with Gasteiger partial charge in [0.2, 0.25) is 0 Å². The van der Waals surface area contributed by atoms with E-state index in [1.54, 1.807) is 0 Å². The quantitative estimate of drug-likeness (QED) is 0.437. The zero-order valence-electron chi connectivity index (χ0n) is 7.80. The Hall–Kier alpha value is 0.270. The fourth-order valence-electron chi connectivity index (χ4n) is 0.823. The van der Waals surface area contributed by atoms with Crippen LogP contribution in [0.5, 0.6) is 0 Å². The lowest BCUT2D eigenvalue weighted by Gasteiger charge is -2.18. The summed E-state index contributed by atoms with van der Waals surface area (Å²) in [7, 11) is 0. The van der Waals surface area contributed by atoms with E-state index in [2.05, 4.69) is 18.7 Å². The van der Waals surface area contributed by atoms with Crippen LogP contribution in [0, 0.1) is 0 Å². The van der Waals surface area contributed by atoms with Gasteiger partial charge >= 0.3 is 0 Å². The van der Waals surface area contributed by atoms with Crippen LogP contribution in [0.2, 0.25) is 0 Å². The fourth-order valence-corrected chi connectivity index (χ4v) is 1.08. The van der Waals surface area contributed by atoms with Gasteiger partial charge in [-0.05, 0) is 25.0 Å². The molecule has 3 heteroatoms. The second-order valence-electron chi connectivity index (χ2n) is 2.48. The van der Waals surface area contributed by atoms with Crippen LogP contribution in [-0.2, 0) is 4.18 Å². The van der Waals surface area contributed by atoms with Crippen LogP contribution < -0.4 is 0 Å². The van der Waals surface area contributed by atoms with Crippen molar-refractivity contribution in [2.24, 2.45) is 0 Å². The molecule has 0 spiro atoms. The van der Waals surface area contributed by atoms with Gasteiger partial charge in [-0.3, -0.25) is 4.90 Å². The first kappa shape index (κ1) is 11.3. The summed E-state index contributed by atoms with van der Waals surface area (Å²) >= 11 is 1.44. The predicted molar refractivity (Wildman–Crippen MR) is 51.6 cm³/mol. The number of nitrogens with zero attached hydrogens (tertiary/aromatic N) is 1. The Balaban J connectivity index is 3.25. The molecule has 2 nitrogen and oxygen atoms in total. The summed E-state index contributed by atoms with van der Waals surface area (Å²) in [6, 6.07) is 0. The number of hydrogen-bond acceptors (Lipinski definition) is 3. The fraction of sp³-hybridized carbons (Fsp3) is 1.00. The van der Waals surface area contributed by atoms with Gasteiger partial charge < -0.3 is 4.18 Å². The van der Waals surface area contributed by atoms with E-state index in [1.165, 1.54) is 24.9 Å². The summed E-state index contributed by atoms with van der Waals surface area (Å²) in [5.41, 5.74) is 0. The van der Waals surface area contributed by atoms with E-state index in [1.807, 2.05) is 6.26 Å². The standard InChI is InChI=1S/C8H19NOS/c1-4-6-7-9(5-2)8-10-11-3/h4-8H2,1-3H3. The van der Waals surface area contributed by atoms with E-state index in [0.29, 0.717) is 0 Å². The SMILES string of the molecule is CCCCN(CC)COSC. The van der Waals surface area contributed by atoms with Gasteiger partial charge in [0.25, 0.3) is 0 Å². The van der Waals surface area contributed by atoms with Crippen molar-refractivity contribution in [3.63, 3.8) is 0 Å². The molecule has 0 aliphatic rings. The van der Waals surface area contributed by atoms with Gasteiger partial charge in [0, 0.05) is 12.8 Å². The van der Waals surface area contributed by atoms with Crippen LogP contribution in [0.4, 0.5) is 0 Å². The van der Waals surface area contributed by atoms with E-state index in [-0.39, 0.29) is 0 Å². The van der Waals surface area contributed by atoms with Crippen LogP contribution >= 0.6 is 12.0 Å². The molecule has 0 saturated carbocycles. The Labute approximate surface area is 74.5 Å². The van der Waals surface area contributed by atoms with Crippen molar-refractivity contribution in [2.75, 3.05) is 26.1 Å². The maximum absolute atomic E-state index is 5.23. The zero-order chi connectivity index (χ0) is 8.53. The van der Waals surface area contributed by atoms with Crippen molar-refractivity contribution < 1.29 is 4.18 Å². The molecule has 0 fully saturated rings. The lowest BCUT2D eigenvalue weighted by atomic mass is 10.3. The van der Waals surface area contributed by atoms with Crippen molar-refractivity contribution in [1.82, 2.24) is 4.90 Å². The lowest BCUT2D eigenvalue weighted by Crippen LogP contribution is -2.26. The van der Waals surface area contributed by atoms with Crippen molar-refractivity contribution >= 4 is 12.0 Å². The van der Waals surface area contributed by atoms with E-state index >= 15 is 0 Å². The molecular formula is C8H19NOS. The van der Waals surface area contributed by atoms with Crippen LogP contribution in [0.1, 0.15) is 26.7 Å². The molecule has 0 aromatic heterocycles. The van der Waals surface area contributed by atoms with Crippen molar-refractivity contribution in [3.8, 4) is 0 Å². The first-order chi connectivity index (χ1) is 5.35. The molecule has 0 aliphatic heterocycles. The second-order valence-corrected chi connectivity index (χ2v) is 3.05. The largest absolute Gasteiger partial charge is 0.300 e. The Bertz CT molecular complexity index is 72.5. The van der Waals surface area contributed by atoms with E-state index in [0.717, 1.165) is 19.8 Å². The average Bonchev–Trinajstić information content (AvgIpc) is 2.05. The highest BCUT2D eigenvalue weighted by Gasteiger charge is 1.99. The predicted octanol–water partition coefficient (Wildman–Crippen LogP) is 2.36. The molecule has 0 N–H and O–H groups in total. The monoisotopic (exact) mass is 177 g/mol. The van der Waals surface area contributed by atoms with Crippen LogP contribution in [0.15, 0.2) is 0 Å². The highest BCUT2D eigenvalue weighted by molar-refractivity contribution is 7.93. The molecule has 0 unspecified atom stereocenters. The van der Waals surface area contributed by atoms with E-state index in [4.69, 9.17) is 4.18 Å². The van der Waals surface area contributed by atoms with Gasteiger partial charge in [0.05, 0.1) is 0 Å². The molecule has 0 aromatic carbocycles. The smallest absolute Gasteiger partial charge is 0.114 e. The highest BCUT2D eigenvalue weighted by Crippen LogP contribution is 1.99. The zero-order valence-corrected chi connectivity index (χ0v) is 8.62. The molecule has 0 heterocycles.